The Labute approximate surface area is 95.5 Å². The van der Waals surface area contributed by atoms with E-state index < -0.39 is 5.54 Å². The maximum absolute atomic E-state index is 9.10. The maximum atomic E-state index is 9.10. The Kier molecular flexibility index (Phi) is 4.29. The van der Waals surface area contributed by atoms with Crippen LogP contribution >= 0.6 is 0 Å². The van der Waals surface area contributed by atoms with Crippen LogP contribution in [0.4, 0.5) is 0 Å². The van der Waals surface area contributed by atoms with E-state index in [0.29, 0.717) is 5.75 Å². The summed E-state index contributed by atoms with van der Waals surface area (Å²) in [5.41, 5.74) is 0.00152. The minimum Gasteiger partial charge on any atom is -0.490 e. The van der Waals surface area contributed by atoms with Crippen molar-refractivity contribution in [3.8, 4) is 11.8 Å². The van der Waals surface area contributed by atoms with E-state index in [2.05, 4.69) is 11.4 Å². The lowest BCUT2D eigenvalue weighted by molar-refractivity contribution is 0.228. The summed E-state index contributed by atoms with van der Waals surface area (Å²) in [5, 5.41) is 20.9. The van der Waals surface area contributed by atoms with Gasteiger partial charge in [-0.3, -0.25) is 5.32 Å². The molecule has 0 radical (unpaired) electrons. The van der Waals surface area contributed by atoms with Gasteiger partial charge in [-0.05, 0) is 20.0 Å². The zero-order valence-electron chi connectivity index (χ0n) is 9.53. The Morgan fingerprint density at radius 2 is 2.19 bits per heavy atom. The lowest BCUT2D eigenvalue weighted by Crippen LogP contribution is -2.43. The van der Waals surface area contributed by atoms with Crippen molar-refractivity contribution in [3.05, 3.63) is 29.8 Å². The van der Waals surface area contributed by atoms with Gasteiger partial charge in [0.05, 0.1) is 12.7 Å². The number of ether oxygens (including phenoxy) is 1. The Hall–Kier alpha value is -1.57. The summed E-state index contributed by atoms with van der Waals surface area (Å²) in [4.78, 5) is 0. The molecule has 1 aromatic carbocycles. The molecule has 86 valence electrons. The molecule has 0 spiro atoms. The second-order valence-corrected chi connectivity index (χ2v) is 3.75. The molecule has 0 heterocycles. The molecule has 1 atom stereocenters. The number of nitriles is 1. The van der Waals surface area contributed by atoms with Crippen LogP contribution < -0.4 is 10.1 Å². The first kappa shape index (κ1) is 12.5. The zero-order valence-corrected chi connectivity index (χ0v) is 9.53. The summed E-state index contributed by atoms with van der Waals surface area (Å²) in [7, 11) is 1.71. The smallest absolute Gasteiger partial charge is 0.137 e. The van der Waals surface area contributed by atoms with Gasteiger partial charge in [-0.15, -0.1) is 0 Å². The van der Waals surface area contributed by atoms with Crippen LogP contribution in [-0.4, -0.2) is 24.3 Å². The summed E-state index contributed by atoms with van der Waals surface area (Å²) >= 11 is 0. The van der Waals surface area contributed by atoms with Crippen molar-refractivity contribution in [2.75, 3.05) is 13.7 Å². The van der Waals surface area contributed by atoms with Gasteiger partial charge in [0, 0.05) is 5.56 Å². The van der Waals surface area contributed by atoms with Crippen molar-refractivity contribution in [3.63, 3.8) is 0 Å². The molecule has 0 aliphatic carbocycles. The predicted octanol–water partition coefficient (Wildman–Crippen LogP) is 1.06. The first-order valence-electron chi connectivity index (χ1n) is 5.07. The lowest BCUT2D eigenvalue weighted by Gasteiger charge is -2.21. The van der Waals surface area contributed by atoms with Gasteiger partial charge in [-0.1, -0.05) is 18.2 Å². The van der Waals surface area contributed by atoms with Crippen LogP contribution in [0.15, 0.2) is 24.3 Å². The van der Waals surface area contributed by atoms with Gasteiger partial charge < -0.3 is 9.84 Å². The third-order valence-corrected chi connectivity index (χ3v) is 2.46. The molecule has 0 amide bonds. The molecule has 4 heteroatoms. The molecule has 0 saturated carbocycles. The van der Waals surface area contributed by atoms with Gasteiger partial charge >= 0.3 is 0 Å². The number of nitrogens with zero attached hydrogens (tertiary/aromatic N) is 1. The van der Waals surface area contributed by atoms with E-state index in [9.17, 15) is 0 Å². The quantitative estimate of drug-likeness (QED) is 0.778. The van der Waals surface area contributed by atoms with Gasteiger partial charge in [0.2, 0.25) is 0 Å². The van der Waals surface area contributed by atoms with E-state index in [1.54, 1.807) is 26.1 Å². The Morgan fingerprint density at radius 1 is 1.50 bits per heavy atom. The number of likely N-dealkylation sites (N-methyl/N-ethyl adjacent to an activating group) is 1. The molecule has 0 bridgehead atoms. The molecule has 1 aromatic rings. The minimum atomic E-state index is -0.720. The average molecular weight is 220 g/mol. The molecule has 16 heavy (non-hydrogen) atoms. The molecule has 0 aromatic heterocycles. The van der Waals surface area contributed by atoms with Crippen molar-refractivity contribution in [1.82, 2.24) is 5.32 Å². The number of para-hydroxylation sites is 1. The van der Waals surface area contributed by atoms with Crippen molar-refractivity contribution in [1.29, 1.82) is 5.26 Å². The third kappa shape index (κ3) is 2.96. The van der Waals surface area contributed by atoms with Crippen molar-refractivity contribution in [2.24, 2.45) is 0 Å². The number of hydrogen-bond acceptors (Lipinski definition) is 4. The monoisotopic (exact) mass is 220 g/mol. The molecular formula is C12H16N2O2. The SMILES string of the molecule is CNC(C)(C#N)COc1ccccc1CO. The molecule has 0 saturated heterocycles. The standard InChI is InChI=1S/C12H16N2O2/c1-12(8-13,14-2)9-16-11-6-4-3-5-10(11)7-15/h3-6,14-15H,7,9H2,1-2H3. The highest BCUT2D eigenvalue weighted by molar-refractivity contribution is 5.32. The molecule has 4 nitrogen and oxygen atoms in total. The number of hydrogen-bond donors (Lipinski definition) is 2. The highest BCUT2D eigenvalue weighted by Crippen LogP contribution is 2.18. The van der Waals surface area contributed by atoms with Crippen molar-refractivity contribution in [2.45, 2.75) is 19.1 Å². The van der Waals surface area contributed by atoms with Gasteiger partial charge in [0.15, 0.2) is 0 Å². The van der Waals surface area contributed by atoms with Gasteiger partial charge in [-0.25, -0.2) is 0 Å². The van der Waals surface area contributed by atoms with Gasteiger partial charge in [0.25, 0.3) is 0 Å². The lowest BCUT2D eigenvalue weighted by atomic mass is 10.1. The fourth-order valence-corrected chi connectivity index (χ4v) is 1.16. The van der Waals surface area contributed by atoms with E-state index in [1.165, 1.54) is 0 Å². The largest absolute Gasteiger partial charge is 0.490 e. The Morgan fingerprint density at radius 3 is 2.75 bits per heavy atom. The van der Waals surface area contributed by atoms with Crippen LogP contribution in [0.5, 0.6) is 5.75 Å². The first-order chi connectivity index (χ1) is 7.65. The van der Waals surface area contributed by atoms with Crippen LogP contribution in [0, 0.1) is 11.3 Å². The van der Waals surface area contributed by atoms with Crippen molar-refractivity contribution >= 4 is 0 Å². The van der Waals surface area contributed by atoms with Crippen LogP contribution in [-0.2, 0) is 6.61 Å². The van der Waals surface area contributed by atoms with Gasteiger partial charge in [0.1, 0.15) is 17.9 Å². The molecule has 0 aliphatic rings. The molecular weight excluding hydrogens is 204 g/mol. The number of benzene rings is 1. The minimum absolute atomic E-state index is 0.0704. The summed E-state index contributed by atoms with van der Waals surface area (Å²) in [5.74, 6) is 0.613. The fourth-order valence-electron chi connectivity index (χ4n) is 1.16. The topological polar surface area (TPSA) is 65.3 Å². The first-order valence-corrected chi connectivity index (χ1v) is 5.07. The molecule has 0 fully saturated rings. The number of aliphatic hydroxyl groups is 1. The number of aliphatic hydroxyl groups excluding tert-OH is 1. The molecule has 1 unspecified atom stereocenters. The molecule has 1 rings (SSSR count). The third-order valence-electron chi connectivity index (χ3n) is 2.46. The maximum Gasteiger partial charge on any atom is 0.137 e. The highest BCUT2D eigenvalue weighted by atomic mass is 16.5. The second kappa shape index (κ2) is 5.50. The summed E-state index contributed by atoms with van der Waals surface area (Å²) < 4.78 is 5.53. The Balaban J connectivity index is 2.71. The highest BCUT2D eigenvalue weighted by Gasteiger charge is 2.22. The average Bonchev–Trinajstić information content (AvgIpc) is 2.36. The van der Waals surface area contributed by atoms with E-state index >= 15 is 0 Å². The van der Waals surface area contributed by atoms with Crippen LogP contribution in [0.1, 0.15) is 12.5 Å². The number of nitrogens with one attached hydrogen (secondary N) is 1. The zero-order chi connectivity index (χ0) is 12.0. The predicted molar refractivity (Wildman–Crippen MR) is 60.9 cm³/mol. The normalized spacial score (nSPS) is 13.9. The summed E-state index contributed by atoms with van der Waals surface area (Å²) in [6.07, 6.45) is 0. The van der Waals surface area contributed by atoms with Gasteiger partial charge in [-0.2, -0.15) is 5.26 Å². The second-order valence-electron chi connectivity index (χ2n) is 3.75. The van der Waals surface area contributed by atoms with Crippen LogP contribution in [0.3, 0.4) is 0 Å². The fraction of sp³-hybridized carbons (Fsp3) is 0.417. The van der Waals surface area contributed by atoms with Crippen LogP contribution in [0.2, 0.25) is 0 Å². The Bertz CT molecular complexity index is 387. The van der Waals surface area contributed by atoms with E-state index in [4.69, 9.17) is 15.1 Å². The molecule has 0 aliphatic heterocycles. The summed E-state index contributed by atoms with van der Waals surface area (Å²) in [6.45, 7) is 1.92. The molecule has 2 N–H and O–H groups in total. The number of rotatable bonds is 5. The summed E-state index contributed by atoms with van der Waals surface area (Å²) in [6, 6.07) is 9.37. The van der Waals surface area contributed by atoms with E-state index in [-0.39, 0.29) is 13.2 Å². The van der Waals surface area contributed by atoms with E-state index in [1.807, 2.05) is 12.1 Å². The van der Waals surface area contributed by atoms with Crippen LogP contribution in [0.25, 0.3) is 0 Å². The van der Waals surface area contributed by atoms with Crippen molar-refractivity contribution < 1.29 is 9.84 Å². The van der Waals surface area contributed by atoms with E-state index in [0.717, 1.165) is 5.56 Å².